The van der Waals surface area contributed by atoms with E-state index in [1.807, 2.05) is 0 Å². The summed E-state index contributed by atoms with van der Waals surface area (Å²) in [4.78, 5) is 19.6. The van der Waals surface area contributed by atoms with Crippen LogP contribution in [0.25, 0.3) is 0 Å². The fourth-order valence-electron chi connectivity index (χ4n) is 4.54. The minimum Gasteiger partial charge on any atom is -0.381 e. The normalized spacial score (nSPS) is 30.2. The maximum atomic E-state index is 12.6. The molecule has 0 aliphatic carbocycles. The topological polar surface area (TPSA) is 36.0 Å². The summed E-state index contributed by atoms with van der Waals surface area (Å²) in [6, 6.07) is 0.986. The molecule has 3 rings (SSSR count). The highest BCUT2D eigenvalue weighted by Crippen LogP contribution is 2.21. The smallest absolute Gasteiger partial charge is 0.236 e. The van der Waals surface area contributed by atoms with E-state index in [0.29, 0.717) is 24.5 Å². The summed E-state index contributed by atoms with van der Waals surface area (Å²) in [5.74, 6) is 1.07. The van der Waals surface area contributed by atoms with Crippen LogP contribution in [0.2, 0.25) is 0 Å². The molecule has 0 N–H and O–H groups in total. The summed E-state index contributed by atoms with van der Waals surface area (Å²) in [6.07, 6.45) is 7.20. The molecule has 138 valence electrons. The molecule has 0 aromatic rings. The monoisotopic (exact) mass is 337 g/mol. The van der Waals surface area contributed by atoms with Crippen molar-refractivity contribution >= 4 is 5.91 Å². The standard InChI is InChI=1S/C19H35N3O2/c1-16-5-3-4-9-22(16)19(23)14-20(2)18-6-10-21(11-7-18)13-17-8-12-24-15-17/h16-18H,3-15H2,1-2H3. The van der Waals surface area contributed by atoms with Gasteiger partial charge in [0.25, 0.3) is 0 Å². The highest BCUT2D eigenvalue weighted by atomic mass is 16.5. The SMILES string of the molecule is CC1CCCCN1C(=O)CN(C)C1CCN(CC2CCOC2)CC1. The van der Waals surface area contributed by atoms with Crippen LogP contribution in [-0.4, -0.2) is 85.7 Å². The van der Waals surface area contributed by atoms with Gasteiger partial charge in [-0.05, 0) is 71.5 Å². The summed E-state index contributed by atoms with van der Waals surface area (Å²) in [5, 5.41) is 0. The van der Waals surface area contributed by atoms with Gasteiger partial charge in [-0.1, -0.05) is 0 Å². The molecular weight excluding hydrogens is 302 g/mol. The maximum Gasteiger partial charge on any atom is 0.236 e. The van der Waals surface area contributed by atoms with E-state index in [2.05, 4.69) is 28.7 Å². The second kappa shape index (κ2) is 8.63. The first-order chi connectivity index (χ1) is 11.6. The Morgan fingerprint density at radius 3 is 2.58 bits per heavy atom. The summed E-state index contributed by atoms with van der Waals surface area (Å²) in [5.41, 5.74) is 0. The van der Waals surface area contributed by atoms with E-state index < -0.39 is 0 Å². The molecule has 0 radical (unpaired) electrons. The van der Waals surface area contributed by atoms with Gasteiger partial charge in [-0.2, -0.15) is 0 Å². The third-order valence-corrected chi connectivity index (χ3v) is 6.23. The predicted octanol–water partition coefficient (Wildman–Crippen LogP) is 1.82. The summed E-state index contributed by atoms with van der Waals surface area (Å²) < 4.78 is 5.49. The van der Waals surface area contributed by atoms with Crippen LogP contribution in [0.3, 0.4) is 0 Å². The summed E-state index contributed by atoms with van der Waals surface area (Å²) in [7, 11) is 2.14. The van der Waals surface area contributed by atoms with Crippen molar-refractivity contribution in [1.29, 1.82) is 0 Å². The molecule has 3 heterocycles. The van der Waals surface area contributed by atoms with E-state index in [4.69, 9.17) is 4.74 Å². The Morgan fingerprint density at radius 1 is 1.12 bits per heavy atom. The van der Waals surface area contributed by atoms with Gasteiger partial charge in [0.15, 0.2) is 0 Å². The van der Waals surface area contributed by atoms with Gasteiger partial charge in [0.2, 0.25) is 5.91 Å². The van der Waals surface area contributed by atoms with Crippen LogP contribution < -0.4 is 0 Å². The number of carbonyl (C=O) groups is 1. The van der Waals surface area contributed by atoms with Crippen molar-refractivity contribution in [3.05, 3.63) is 0 Å². The van der Waals surface area contributed by atoms with Crippen LogP contribution in [0.5, 0.6) is 0 Å². The molecule has 24 heavy (non-hydrogen) atoms. The second-order valence-corrected chi connectivity index (χ2v) is 8.11. The van der Waals surface area contributed by atoms with E-state index in [1.54, 1.807) is 0 Å². The highest BCUT2D eigenvalue weighted by Gasteiger charge is 2.29. The fraction of sp³-hybridized carbons (Fsp3) is 0.947. The van der Waals surface area contributed by atoms with Gasteiger partial charge in [-0.25, -0.2) is 0 Å². The van der Waals surface area contributed by atoms with Gasteiger partial charge in [-0.3, -0.25) is 9.69 Å². The molecule has 5 heteroatoms. The lowest BCUT2D eigenvalue weighted by Crippen LogP contribution is -2.50. The van der Waals surface area contributed by atoms with Crippen molar-refractivity contribution in [2.75, 3.05) is 53.0 Å². The number of piperidine rings is 2. The molecule has 0 saturated carbocycles. The van der Waals surface area contributed by atoms with Crippen LogP contribution in [0.1, 0.15) is 45.4 Å². The molecule has 3 saturated heterocycles. The molecule has 3 aliphatic rings. The van der Waals surface area contributed by atoms with Crippen LogP contribution in [0, 0.1) is 5.92 Å². The minimum atomic E-state index is 0.329. The predicted molar refractivity (Wildman–Crippen MR) is 96.0 cm³/mol. The Hall–Kier alpha value is -0.650. The Balaban J connectivity index is 1.39. The number of rotatable bonds is 5. The molecular formula is C19H35N3O2. The maximum absolute atomic E-state index is 12.6. The van der Waals surface area contributed by atoms with Gasteiger partial charge in [0.05, 0.1) is 13.2 Å². The second-order valence-electron chi connectivity index (χ2n) is 8.11. The van der Waals surface area contributed by atoms with Gasteiger partial charge in [-0.15, -0.1) is 0 Å². The van der Waals surface area contributed by atoms with Gasteiger partial charge in [0.1, 0.15) is 0 Å². The molecule has 0 spiro atoms. The number of nitrogens with zero attached hydrogens (tertiary/aromatic N) is 3. The first-order valence-corrected chi connectivity index (χ1v) is 9.93. The average Bonchev–Trinajstić information content (AvgIpc) is 3.08. The lowest BCUT2D eigenvalue weighted by Gasteiger charge is -2.39. The quantitative estimate of drug-likeness (QED) is 0.767. The zero-order chi connectivity index (χ0) is 16.9. The molecule has 2 unspecified atom stereocenters. The molecule has 2 atom stereocenters. The summed E-state index contributed by atoms with van der Waals surface area (Å²) >= 11 is 0. The van der Waals surface area contributed by atoms with Crippen LogP contribution in [0.4, 0.5) is 0 Å². The van der Waals surface area contributed by atoms with Gasteiger partial charge >= 0.3 is 0 Å². The van der Waals surface area contributed by atoms with Crippen LogP contribution >= 0.6 is 0 Å². The molecule has 5 nitrogen and oxygen atoms in total. The minimum absolute atomic E-state index is 0.329. The first-order valence-electron chi connectivity index (χ1n) is 9.93. The van der Waals surface area contributed by atoms with E-state index in [1.165, 1.54) is 58.2 Å². The Bertz CT molecular complexity index is 403. The van der Waals surface area contributed by atoms with Crippen molar-refractivity contribution in [2.45, 2.75) is 57.5 Å². The van der Waals surface area contributed by atoms with Crippen molar-refractivity contribution in [1.82, 2.24) is 14.7 Å². The Morgan fingerprint density at radius 2 is 1.92 bits per heavy atom. The number of likely N-dealkylation sites (N-methyl/N-ethyl adjacent to an activating group) is 1. The summed E-state index contributed by atoms with van der Waals surface area (Å²) in [6.45, 7) is 9.16. The average molecular weight is 338 g/mol. The molecule has 0 aromatic carbocycles. The number of amides is 1. The first kappa shape index (κ1) is 18.2. The lowest BCUT2D eigenvalue weighted by atomic mass is 10.0. The number of hydrogen-bond acceptors (Lipinski definition) is 4. The van der Waals surface area contributed by atoms with Crippen molar-refractivity contribution < 1.29 is 9.53 Å². The van der Waals surface area contributed by atoms with Crippen LogP contribution in [0.15, 0.2) is 0 Å². The molecule has 1 amide bonds. The number of hydrogen-bond donors (Lipinski definition) is 0. The van der Waals surface area contributed by atoms with Crippen molar-refractivity contribution in [3.8, 4) is 0 Å². The zero-order valence-corrected chi connectivity index (χ0v) is 15.6. The molecule has 0 aromatic heterocycles. The van der Waals surface area contributed by atoms with E-state index in [0.717, 1.165) is 25.7 Å². The Kier molecular flexibility index (Phi) is 6.53. The Labute approximate surface area is 147 Å². The van der Waals surface area contributed by atoms with Gasteiger partial charge in [0, 0.05) is 31.8 Å². The molecule has 3 aliphatic heterocycles. The number of carbonyl (C=O) groups excluding carboxylic acids is 1. The van der Waals surface area contributed by atoms with Gasteiger partial charge < -0.3 is 14.5 Å². The molecule has 3 fully saturated rings. The number of likely N-dealkylation sites (tertiary alicyclic amines) is 2. The highest BCUT2D eigenvalue weighted by molar-refractivity contribution is 5.78. The lowest BCUT2D eigenvalue weighted by molar-refractivity contribution is -0.136. The molecule has 0 bridgehead atoms. The largest absolute Gasteiger partial charge is 0.381 e. The third kappa shape index (κ3) is 4.70. The zero-order valence-electron chi connectivity index (χ0n) is 15.6. The van der Waals surface area contributed by atoms with Crippen molar-refractivity contribution in [3.63, 3.8) is 0 Å². The fourth-order valence-corrected chi connectivity index (χ4v) is 4.54. The van der Waals surface area contributed by atoms with E-state index in [-0.39, 0.29) is 0 Å². The van der Waals surface area contributed by atoms with Crippen LogP contribution in [-0.2, 0) is 9.53 Å². The van der Waals surface area contributed by atoms with E-state index in [9.17, 15) is 4.79 Å². The number of ether oxygens (including phenoxy) is 1. The van der Waals surface area contributed by atoms with Crippen molar-refractivity contribution in [2.24, 2.45) is 5.92 Å². The third-order valence-electron chi connectivity index (χ3n) is 6.23. The van der Waals surface area contributed by atoms with E-state index >= 15 is 0 Å².